The van der Waals surface area contributed by atoms with Crippen LogP contribution >= 0.6 is 11.6 Å². The van der Waals surface area contributed by atoms with Gasteiger partial charge in [-0.3, -0.25) is 4.79 Å². The molecule has 0 fully saturated rings. The number of aryl methyl sites for hydroxylation is 1. The van der Waals surface area contributed by atoms with Gasteiger partial charge in [-0.05, 0) is 36.8 Å². The summed E-state index contributed by atoms with van der Waals surface area (Å²) in [7, 11) is 4.46. The van der Waals surface area contributed by atoms with Crippen LogP contribution in [0.2, 0.25) is 5.02 Å². The van der Waals surface area contributed by atoms with Gasteiger partial charge in [-0.25, -0.2) is 0 Å². The maximum Gasteiger partial charge on any atom is 0.255 e. The number of nitrogens with one attached hydrogen (secondary N) is 1. The summed E-state index contributed by atoms with van der Waals surface area (Å²) in [5.74, 6) is 0.809. The molecule has 6 nitrogen and oxygen atoms in total. The van der Waals surface area contributed by atoms with Crippen molar-refractivity contribution in [2.45, 2.75) is 6.92 Å². The molecule has 0 bridgehead atoms. The van der Waals surface area contributed by atoms with E-state index in [9.17, 15) is 4.79 Å². The molecule has 2 aromatic carbocycles. The largest absolute Gasteiger partial charge is 0.493 e. The van der Waals surface area contributed by atoms with E-state index in [4.69, 9.17) is 31.5 Å². The second-order valence-corrected chi connectivity index (χ2v) is 5.46. The normalized spacial score (nSPS) is 10.2. The lowest BCUT2D eigenvalue weighted by Gasteiger charge is -2.15. The Kier molecular flexibility index (Phi) is 5.41. The predicted molar refractivity (Wildman–Crippen MR) is 94.7 cm³/mol. The molecular formula is C17H19ClN2O4. The van der Waals surface area contributed by atoms with E-state index in [1.807, 2.05) is 6.92 Å². The van der Waals surface area contributed by atoms with Crippen LogP contribution in [0.4, 0.5) is 11.4 Å². The zero-order valence-electron chi connectivity index (χ0n) is 13.9. The number of benzene rings is 2. The number of carbonyl (C=O) groups is 1. The lowest BCUT2D eigenvalue weighted by molar-refractivity contribution is 0.102. The van der Waals surface area contributed by atoms with Gasteiger partial charge in [0.15, 0.2) is 11.5 Å². The summed E-state index contributed by atoms with van der Waals surface area (Å²) in [6.07, 6.45) is 0. The molecule has 0 aromatic heterocycles. The molecule has 7 heteroatoms. The third-order valence-corrected chi connectivity index (χ3v) is 3.91. The fourth-order valence-corrected chi connectivity index (χ4v) is 2.38. The lowest BCUT2D eigenvalue weighted by atomic mass is 10.1. The van der Waals surface area contributed by atoms with Gasteiger partial charge in [0.25, 0.3) is 5.91 Å². The van der Waals surface area contributed by atoms with Gasteiger partial charge in [0, 0.05) is 10.6 Å². The zero-order valence-corrected chi connectivity index (χ0v) is 14.7. The van der Waals surface area contributed by atoms with Gasteiger partial charge < -0.3 is 25.3 Å². The Morgan fingerprint density at radius 2 is 1.62 bits per heavy atom. The number of nitrogens with two attached hydrogens (primary N) is 1. The summed E-state index contributed by atoms with van der Waals surface area (Å²) in [5.41, 5.74) is 7.96. The summed E-state index contributed by atoms with van der Waals surface area (Å²) >= 11 is 6.09. The number of hydrogen-bond acceptors (Lipinski definition) is 5. The Labute approximate surface area is 145 Å². The van der Waals surface area contributed by atoms with Gasteiger partial charge >= 0.3 is 0 Å². The fourth-order valence-electron chi connectivity index (χ4n) is 2.22. The van der Waals surface area contributed by atoms with Crippen molar-refractivity contribution in [2.24, 2.45) is 0 Å². The van der Waals surface area contributed by atoms with Crippen LogP contribution in [0.1, 0.15) is 15.9 Å². The van der Waals surface area contributed by atoms with Gasteiger partial charge in [0.1, 0.15) is 0 Å². The highest BCUT2D eigenvalue weighted by Crippen LogP contribution is 2.38. The summed E-state index contributed by atoms with van der Waals surface area (Å²) in [6, 6.07) is 6.43. The second-order valence-electron chi connectivity index (χ2n) is 5.06. The van der Waals surface area contributed by atoms with Crippen LogP contribution in [0.3, 0.4) is 0 Å². The van der Waals surface area contributed by atoms with Crippen LogP contribution in [0.5, 0.6) is 17.2 Å². The van der Waals surface area contributed by atoms with Crippen molar-refractivity contribution in [2.75, 3.05) is 32.4 Å². The number of methoxy groups -OCH3 is 3. The standard InChI is InChI=1S/C17H19ClN2O4/c1-9-5-12(19)13(8-11(9)18)20-17(21)10-6-14(22-2)16(24-4)15(7-10)23-3/h5-8H,19H2,1-4H3,(H,20,21). The highest BCUT2D eigenvalue weighted by molar-refractivity contribution is 6.32. The smallest absolute Gasteiger partial charge is 0.255 e. The maximum absolute atomic E-state index is 12.5. The molecule has 0 heterocycles. The average Bonchev–Trinajstić information content (AvgIpc) is 2.57. The molecule has 2 rings (SSSR count). The molecule has 0 unspecified atom stereocenters. The number of carbonyl (C=O) groups excluding carboxylic acids is 1. The number of hydrogen-bond donors (Lipinski definition) is 2. The first kappa shape index (κ1) is 17.7. The predicted octanol–water partition coefficient (Wildman–Crippen LogP) is 3.51. The van der Waals surface area contributed by atoms with Crippen LogP contribution in [0.25, 0.3) is 0 Å². The summed E-state index contributed by atoms with van der Waals surface area (Å²) in [5, 5.41) is 3.25. The number of ether oxygens (including phenoxy) is 3. The number of anilines is 2. The third kappa shape index (κ3) is 3.49. The molecule has 0 aliphatic carbocycles. The third-order valence-electron chi connectivity index (χ3n) is 3.51. The summed E-state index contributed by atoms with van der Waals surface area (Å²) < 4.78 is 15.7. The zero-order chi connectivity index (χ0) is 17.9. The quantitative estimate of drug-likeness (QED) is 0.806. The molecule has 0 aliphatic heterocycles. The van der Waals surface area contributed by atoms with E-state index in [0.29, 0.717) is 39.2 Å². The number of amides is 1. The monoisotopic (exact) mass is 350 g/mol. The molecule has 128 valence electrons. The summed E-state index contributed by atoms with van der Waals surface area (Å²) in [4.78, 5) is 12.5. The number of halogens is 1. The molecule has 24 heavy (non-hydrogen) atoms. The molecule has 0 atom stereocenters. The van der Waals surface area contributed by atoms with Gasteiger partial charge in [0.05, 0.1) is 32.7 Å². The van der Waals surface area contributed by atoms with E-state index >= 15 is 0 Å². The van der Waals surface area contributed by atoms with Crippen LogP contribution in [0, 0.1) is 6.92 Å². The second kappa shape index (κ2) is 7.31. The Morgan fingerprint density at radius 3 is 2.12 bits per heavy atom. The van der Waals surface area contributed by atoms with Gasteiger partial charge in [-0.1, -0.05) is 11.6 Å². The van der Waals surface area contributed by atoms with Crippen molar-refractivity contribution in [1.29, 1.82) is 0 Å². The fraction of sp³-hybridized carbons (Fsp3) is 0.235. The van der Waals surface area contributed by atoms with Crippen molar-refractivity contribution in [3.8, 4) is 17.2 Å². The molecule has 0 saturated heterocycles. The van der Waals surface area contributed by atoms with Crippen LogP contribution in [-0.4, -0.2) is 27.2 Å². The van der Waals surface area contributed by atoms with E-state index in [-0.39, 0.29) is 5.91 Å². The van der Waals surface area contributed by atoms with E-state index in [1.54, 1.807) is 24.3 Å². The highest BCUT2D eigenvalue weighted by Gasteiger charge is 2.18. The first-order valence-electron chi connectivity index (χ1n) is 7.08. The topological polar surface area (TPSA) is 82.8 Å². The number of nitrogen functional groups attached to an aromatic ring is 1. The minimum Gasteiger partial charge on any atom is -0.493 e. The van der Waals surface area contributed by atoms with Crippen molar-refractivity contribution in [1.82, 2.24) is 0 Å². The van der Waals surface area contributed by atoms with E-state index in [2.05, 4.69) is 5.32 Å². The maximum atomic E-state index is 12.5. The molecule has 1 amide bonds. The molecule has 0 spiro atoms. The van der Waals surface area contributed by atoms with Crippen molar-refractivity contribution in [3.05, 3.63) is 40.4 Å². The SMILES string of the molecule is COc1cc(C(=O)Nc2cc(Cl)c(C)cc2N)cc(OC)c1OC. The highest BCUT2D eigenvalue weighted by atomic mass is 35.5. The minimum absolute atomic E-state index is 0.334. The Balaban J connectivity index is 2.38. The minimum atomic E-state index is -0.374. The van der Waals surface area contributed by atoms with E-state index in [0.717, 1.165) is 5.56 Å². The van der Waals surface area contributed by atoms with Crippen molar-refractivity contribution < 1.29 is 19.0 Å². The van der Waals surface area contributed by atoms with Gasteiger partial charge in [0.2, 0.25) is 5.75 Å². The number of rotatable bonds is 5. The first-order valence-corrected chi connectivity index (χ1v) is 7.46. The first-order chi connectivity index (χ1) is 11.4. The molecule has 0 saturated carbocycles. The molecule has 2 aromatic rings. The summed E-state index contributed by atoms with van der Waals surface area (Å²) in [6.45, 7) is 1.84. The average molecular weight is 351 g/mol. The Hall–Kier alpha value is -2.60. The molecule has 0 aliphatic rings. The van der Waals surface area contributed by atoms with Crippen molar-refractivity contribution >= 4 is 28.9 Å². The molecule has 3 N–H and O–H groups in total. The van der Waals surface area contributed by atoms with Crippen LogP contribution in [0.15, 0.2) is 24.3 Å². The van der Waals surface area contributed by atoms with Gasteiger partial charge in [-0.2, -0.15) is 0 Å². The van der Waals surface area contributed by atoms with Crippen molar-refractivity contribution in [3.63, 3.8) is 0 Å². The van der Waals surface area contributed by atoms with Crippen LogP contribution in [-0.2, 0) is 0 Å². The Morgan fingerprint density at radius 1 is 1.04 bits per heavy atom. The van der Waals surface area contributed by atoms with Crippen LogP contribution < -0.4 is 25.3 Å². The Bertz CT molecular complexity index is 752. The van der Waals surface area contributed by atoms with E-state index < -0.39 is 0 Å². The van der Waals surface area contributed by atoms with Gasteiger partial charge in [-0.15, -0.1) is 0 Å². The molecular weight excluding hydrogens is 332 g/mol. The van der Waals surface area contributed by atoms with E-state index in [1.165, 1.54) is 21.3 Å². The molecule has 0 radical (unpaired) electrons. The lowest BCUT2D eigenvalue weighted by Crippen LogP contribution is -2.14.